The predicted octanol–water partition coefficient (Wildman–Crippen LogP) is 1.57. The maximum atomic E-state index is 12.8. The molecule has 7 nitrogen and oxygen atoms in total. The molecule has 0 saturated carbocycles. The highest BCUT2D eigenvalue weighted by molar-refractivity contribution is 5.78. The van der Waals surface area contributed by atoms with Crippen LogP contribution in [-0.2, 0) is 22.6 Å². The fourth-order valence-electron chi connectivity index (χ4n) is 4.66. The number of fused-ring (bicyclic) bond motifs is 1. The maximum Gasteiger partial charge on any atom is 0.236 e. The van der Waals surface area contributed by atoms with E-state index in [1.54, 1.807) is 6.92 Å². The van der Waals surface area contributed by atoms with Crippen molar-refractivity contribution >= 4 is 11.8 Å². The van der Waals surface area contributed by atoms with Crippen LogP contribution >= 0.6 is 0 Å². The molecule has 0 N–H and O–H groups in total. The molecule has 2 unspecified atom stereocenters. The third kappa shape index (κ3) is 4.04. The van der Waals surface area contributed by atoms with E-state index in [0.717, 1.165) is 56.1 Å². The van der Waals surface area contributed by atoms with Crippen molar-refractivity contribution in [3.05, 3.63) is 23.3 Å². The zero-order valence-corrected chi connectivity index (χ0v) is 17.1. The summed E-state index contributed by atoms with van der Waals surface area (Å²) < 4.78 is 0. The second kappa shape index (κ2) is 8.15. The SMILES string of the molecule is CC(=O)N1CCc2nc(C3CCN(C(=O)CN4CCCCC4C)C3)ncc2C1. The van der Waals surface area contributed by atoms with Crippen molar-refractivity contribution in [1.29, 1.82) is 0 Å². The molecule has 2 saturated heterocycles. The first-order valence-electron chi connectivity index (χ1n) is 10.6. The van der Waals surface area contributed by atoms with Crippen molar-refractivity contribution < 1.29 is 9.59 Å². The second-order valence-corrected chi connectivity index (χ2v) is 8.53. The van der Waals surface area contributed by atoms with E-state index in [0.29, 0.717) is 19.1 Å². The molecule has 1 aromatic heterocycles. The van der Waals surface area contributed by atoms with E-state index in [1.165, 1.54) is 19.3 Å². The number of rotatable bonds is 3. The van der Waals surface area contributed by atoms with Gasteiger partial charge >= 0.3 is 0 Å². The predicted molar refractivity (Wildman–Crippen MR) is 106 cm³/mol. The van der Waals surface area contributed by atoms with Gasteiger partial charge in [-0.25, -0.2) is 9.97 Å². The molecule has 0 radical (unpaired) electrons. The Hall–Kier alpha value is -2.02. The molecule has 2 fully saturated rings. The highest BCUT2D eigenvalue weighted by Gasteiger charge is 2.32. The fraction of sp³-hybridized carbons (Fsp3) is 0.714. The molecule has 0 spiro atoms. The standard InChI is InChI=1S/C21H31N5O2/c1-15-5-3-4-8-24(15)14-20(28)26-9-6-17(12-26)21-22-11-18-13-25(16(2)27)10-7-19(18)23-21/h11,15,17H,3-10,12-14H2,1-2H3. The van der Waals surface area contributed by atoms with Gasteiger partial charge in [0.1, 0.15) is 5.82 Å². The molecule has 2 atom stereocenters. The van der Waals surface area contributed by atoms with Crippen LogP contribution in [0.25, 0.3) is 0 Å². The Morgan fingerprint density at radius 3 is 2.79 bits per heavy atom. The summed E-state index contributed by atoms with van der Waals surface area (Å²) in [6.45, 7) is 8.26. The van der Waals surface area contributed by atoms with Gasteiger partial charge in [0.2, 0.25) is 11.8 Å². The van der Waals surface area contributed by atoms with Crippen LogP contribution in [0.1, 0.15) is 62.5 Å². The zero-order valence-electron chi connectivity index (χ0n) is 17.1. The number of nitrogens with zero attached hydrogens (tertiary/aromatic N) is 5. The second-order valence-electron chi connectivity index (χ2n) is 8.53. The molecule has 7 heteroatoms. The minimum Gasteiger partial charge on any atom is -0.341 e. The summed E-state index contributed by atoms with van der Waals surface area (Å²) in [7, 11) is 0. The molecule has 3 aliphatic heterocycles. The van der Waals surface area contributed by atoms with Crippen LogP contribution in [0.5, 0.6) is 0 Å². The number of likely N-dealkylation sites (tertiary alicyclic amines) is 2. The molecular formula is C21H31N5O2. The van der Waals surface area contributed by atoms with Crippen LogP contribution in [0, 0.1) is 0 Å². The van der Waals surface area contributed by atoms with Gasteiger partial charge in [0, 0.05) is 63.2 Å². The minimum atomic E-state index is 0.0997. The molecule has 4 rings (SSSR count). The number of aromatic nitrogens is 2. The summed E-state index contributed by atoms with van der Waals surface area (Å²) in [5.74, 6) is 1.42. The van der Waals surface area contributed by atoms with Gasteiger partial charge in [0.25, 0.3) is 0 Å². The van der Waals surface area contributed by atoms with E-state index in [1.807, 2.05) is 16.0 Å². The molecule has 2 amide bonds. The molecule has 3 aliphatic rings. The Morgan fingerprint density at radius 1 is 1.14 bits per heavy atom. The molecule has 152 valence electrons. The quantitative estimate of drug-likeness (QED) is 0.790. The number of amides is 2. The van der Waals surface area contributed by atoms with Crippen molar-refractivity contribution in [3.63, 3.8) is 0 Å². The lowest BCUT2D eigenvalue weighted by molar-refractivity contribution is -0.132. The Labute approximate surface area is 167 Å². The first-order chi connectivity index (χ1) is 13.5. The fourth-order valence-corrected chi connectivity index (χ4v) is 4.66. The van der Waals surface area contributed by atoms with Crippen molar-refractivity contribution in [2.45, 2.75) is 64.5 Å². The van der Waals surface area contributed by atoms with Crippen LogP contribution in [0.4, 0.5) is 0 Å². The maximum absolute atomic E-state index is 12.8. The van der Waals surface area contributed by atoms with Gasteiger partial charge in [-0.1, -0.05) is 6.42 Å². The molecule has 28 heavy (non-hydrogen) atoms. The van der Waals surface area contributed by atoms with Gasteiger partial charge in [-0.15, -0.1) is 0 Å². The van der Waals surface area contributed by atoms with E-state index >= 15 is 0 Å². The van der Waals surface area contributed by atoms with E-state index in [9.17, 15) is 9.59 Å². The number of hydrogen-bond donors (Lipinski definition) is 0. The average molecular weight is 386 g/mol. The number of carbonyl (C=O) groups is 2. The minimum absolute atomic E-state index is 0.0997. The summed E-state index contributed by atoms with van der Waals surface area (Å²) in [5.41, 5.74) is 2.12. The van der Waals surface area contributed by atoms with Crippen LogP contribution in [0.3, 0.4) is 0 Å². The van der Waals surface area contributed by atoms with Crippen LogP contribution in [0.2, 0.25) is 0 Å². The van der Waals surface area contributed by atoms with Gasteiger partial charge < -0.3 is 9.80 Å². The molecular weight excluding hydrogens is 354 g/mol. The summed E-state index contributed by atoms with van der Waals surface area (Å²) in [4.78, 5) is 39.9. The van der Waals surface area contributed by atoms with Gasteiger partial charge in [-0.3, -0.25) is 14.5 Å². The zero-order chi connectivity index (χ0) is 19.7. The summed E-state index contributed by atoms with van der Waals surface area (Å²) in [6.07, 6.45) is 7.26. The van der Waals surface area contributed by atoms with E-state index < -0.39 is 0 Å². The van der Waals surface area contributed by atoms with Crippen molar-refractivity contribution in [2.75, 3.05) is 32.7 Å². The van der Waals surface area contributed by atoms with Gasteiger partial charge in [-0.2, -0.15) is 0 Å². The Kier molecular flexibility index (Phi) is 5.62. The smallest absolute Gasteiger partial charge is 0.236 e. The lowest BCUT2D eigenvalue weighted by Crippen LogP contribution is -2.45. The monoisotopic (exact) mass is 385 g/mol. The van der Waals surface area contributed by atoms with Crippen LogP contribution < -0.4 is 0 Å². The van der Waals surface area contributed by atoms with Gasteiger partial charge in [0.15, 0.2) is 0 Å². The summed E-state index contributed by atoms with van der Waals surface area (Å²) in [6, 6.07) is 0.509. The van der Waals surface area contributed by atoms with Crippen molar-refractivity contribution in [1.82, 2.24) is 24.7 Å². The van der Waals surface area contributed by atoms with Gasteiger partial charge in [0.05, 0.1) is 12.2 Å². The average Bonchev–Trinajstić information content (AvgIpc) is 3.19. The van der Waals surface area contributed by atoms with Crippen LogP contribution in [0.15, 0.2) is 6.20 Å². The van der Waals surface area contributed by atoms with E-state index in [4.69, 9.17) is 4.98 Å². The Balaban J connectivity index is 1.36. The molecule has 1 aromatic rings. The van der Waals surface area contributed by atoms with Crippen LogP contribution in [-0.4, -0.2) is 75.2 Å². The number of carbonyl (C=O) groups excluding carboxylic acids is 2. The normalized spacial score (nSPS) is 25.6. The lowest BCUT2D eigenvalue weighted by atomic mass is 10.0. The third-order valence-electron chi connectivity index (χ3n) is 6.58. The Bertz CT molecular complexity index is 752. The summed E-state index contributed by atoms with van der Waals surface area (Å²) in [5, 5.41) is 0. The lowest BCUT2D eigenvalue weighted by Gasteiger charge is -2.33. The topological polar surface area (TPSA) is 69.6 Å². The first-order valence-corrected chi connectivity index (χ1v) is 10.6. The molecule has 0 aliphatic carbocycles. The summed E-state index contributed by atoms with van der Waals surface area (Å²) >= 11 is 0. The molecule has 4 heterocycles. The Morgan fingerprint density at radius 2 is 2.00 bits per heavy atom. The molecule has 0 aromatic carbocycles. The first kappa shape index (κ1) is 19.3. The third-order valence-corrected chi connectivity index (χ3v) is 6.58. The van der Waals surface area contributed by atoms with Crippen molar-refractivity contribution in [3.8, 4) is 0 Å². The highest BCUT2D eigenvalue weighted by atomic mass is 16.2. The number of hydrogen-bond acceptors (Lipinski definition) is 5. The van der Waals surface area contributed by atoms with E-state index in [2.05, 4.69) is 16.8 Å². The van der Waals surface area contributed by atoms with E-state index in [-0.39, 0.29) is 17.7 Å². The largest absolute Gasteiger partial charge is 0.341 e. The highest BCUT2D eigenvalue weighted by Crippen LogP contribution is 2.27. The number of piperidine rings is 1. The van der Waals surface area contributed by atoms with Crippen molar-refractivity contribution in [2.24, 2.45) is 0 Å². The van der Waals surface area contributed by atoms with Gasteiger partial charge in [-0.05, 0) is 32.7 Å². The molecule has 0 bridgehead atoms.